The van der Waals surface area contributed by atoms with E-state index in [1.54, 1.807) is 6.20 Å². The molecule has 0 bridgehead atoms. The maximum atomic E-state index is 5.99. The van der Waals surface area contributed by atoms with Crippen LogP contribution in [-0.4, -0.2) is 21.5 Å². The predicted octanol–water partition coefficient (Wildman–Crippen LogP) is 3.66. The fourth-order valence-electron chi connectivity index (χ4n) is 2.27. The predicted molar refractivity (Wildman–Crippen MR) is 82.2 cm³/mol. The lowest BCUT2D eigenvalue weighted by atomic mass is 10.1. The molecule has 2 aromatic heterocycles. The zero-order chi connectivity index (χ0) is 13.8. The van der Waals surface area contributed by atoms with Gasteiger partial charge in [-0.15, -0.1) is 0 Å². The summed E-state index contributed by atoms with van der Waals surface area (Å²) < 4.78 is 0. The molecule has 20 heavy (non-hydrogen) atoms. The van der Waals surface area contributed by atoms with E-state index in [1.165, 1.54) is 22.8 Å². The van der Waals surface area contributed by atoms with Gasteiger partial charge in [0.2, 0.25) is 0 Å². The number of hydrogen-bond acceptors (Lipinski definition) is 3. The van der Waals surface area contributed by atoms with Crippen LogP contribution in [0.3, 0.4) is 0 Å². The molecule has 2 N–H and O–H groups in total. The molecule has 3 rings (SSSR count). The van der Waals surface area contributed by atoms with Gasteiger partial charge in [-0.25, -0.2) is 9.97 Å². The number of nitrogens with zero attached hydrogens (tertiary/aromatic N) is 2. The smallest absolute Gasteiger partial charge is 0.148 e. The summed E-state index contributed by atoms with van der Waals surface area (Å²) in [6.07, 6.45) is 7.20. The Balaban J connectivity index is 1.57. The highest BCUT2D eigenvalue weighted by Crippen LogP contribution is 2.19. The van der Waals surface area contributed by atoms with Crippen molar-refractivity contribution in [1.29, 1.82) is 0 Å². The van der Waals surface area contributed by atoms with E-state index >= 15 is 0 Å². The van der Waals surface area contributed by atoms with E-state index in [0.717, 1.165) is 19.4 Å². The van der Waals surface area contributed by atoms with Crippen molar-refractivity contribution in [3.05, 3.63) is 53.6 Å². The van der Waals surface area contributed by atoms with Crippen LogP contribution in [0, 0.1) is 0 Å². The first kappa shape index (κ1) is 12.9. The summed E-state index contributed by atoms with van der Waals surface area (Å²) in [5.41, 5.74) is 2.53. The second kappa shape index (κ2) is 5.92. The lowest BCUT2D eigenvalue weighted by molar-refractivity contribution is 0.862. The second-order valence-corrected chi connectivity index (χ2v) is 5.02. The largest absolute Gasteiger partial charge is 0.369 e. The minimum atomic E-state index is 0.555. The van der Waals surface area contributed by atoms with Gasteiger partial charge in [-0.3, -0.25) is 0 Å². The molecule has 5 heteroatoms. The molecule has 0 unspecified atom stereocenters. The quantitative estimate of drug-likeness (QED) is 0.704. The molecule has 0 saturated carbocycles. The third-order valence-electron chi connectivity index (χ3n) is 3.26. The van der Waals surface area contributed by atoms with Crippen LogP contribution in [0.25, 0.3) is 10.9 Å². The van der Waals surface area contributed by atoms with Crippen LogP contribution < -0.4 is 5.32 Å². The molecule has 102 valence electrons. The van der Waals surface area contributed by atoms with E-state index in [2.05, 4.69) is 44.7 Å². The Morgan fingerprint density at radius 1 is 1.25 bits per heavy atom. The van der Waals surface area contributed by atoms with Gasteiger partial charge in [-0.2, -0.15) is 0 Å². The van der Waals surface area contributed by atoms with Gasteiger partial charge in [0.05, 0.1) is 6.20 Å². The highest BCUT2D eigenvalue weighted by Gasteiger charge is 2.03. The van der Waals surface area contributed by atoms with E-state index in [9.17, 15) is 0 Å². The van der Waals surface area contributed by atoms with Gasteiger partial charge in [-0.1, -0.05) is 29.8 Å². The Morgan fingerprint density at radius 2 is 2.15 bits per heavy atom. The maximum absolute atomic E-state index is 5.99. The van der Waals surface area contributed by atoms with Gasteiger partial charge in [0.1, 0.15) is 17.2 Å². The summed E-state index contributed by atoms with van der Waals surface area (Å²) in [4.78, 5) is 11.3. The highest BCUT2D eigenvalue weighted by molar-refractivity contribution is 6.32. The number of H-pyrrole nitrogens is 1. The van der Waals surface area contributed by atoms with Crippen LogP contribution in [0.5, 0.6) is 0 Å². The van der Waals surface area contributed by atoms with E-state index < -0.39 is 0 Å². The van der Waals surface area contributed by atoms with Crippen LogP contribution >= 0.6 is 11.6 Å². The van der Waals surface area contributed by atoms with E-state index in [0.29, 0.717) is 10.8 Å². The number of hydrogen-bond donors (Lipinski definition) is 2. The molecule has 2 heterocycles. The normalized spacial score (nSPS) is 10.8. The molecule has 0 aliphatic rings. The first-order chi connectivity index (χ1) is 9.84. The molecule has 0 atom stereocenters. The number of aryl methyl sites for hydroxylation is 1. The molecular weight excluding hydrogens is 272 g/mol. The standard InChI is InChI=1S/C15H15ClN4/c16-13-9-17-10-20-15(13)18-7-3-4-11-8-19-14-6-2-1-5-12(11)14/h1-2,5-6,8-10,19H,3-4,7H2,(H,17,18,20). The third-order valence-corrected chi connectivity index (χ3v) is 3.53. The fourth-order valence-corrected chi connectivity index (χ4v) is 2.44. The number of aromatic nitrogens is 3. The van der Waals surface area contributed by atoms with Gasteiger partial charge in [0, 0.05) is 23.6 Å². The van der Waals surface area contributed by atoms with Crippen LogP contribution in [0.15, 0.2) is 43.0 Å². The number of rotatable bonds is 5. The van der Waals surface area contributed by atoms with E-state index in [4.69, 9.17) is 11.6 Å². The number of aromatic amines is 1. The molecule has 0 amide bonds. The van der Waals surface area contributed by atoms with Crippen molar-refractivity contribution in [3.63, 3.8) is 0 Å². The van der Waals surface area contributed by atoms with Crippen LogP contribution in [0.4, 0.5) is 5.82 Å². The Labute approximate surface area is 122 Å². The number of para-hydroxylation sites is 1. The van der Waals surface area contributed by atoms with Crippen molar-refractivity contribution in [2.75, 3.05) is 11.9 Å². The summed E-state index contributed by atoms with van der Waals surface area (Å²) in [5, 5.41) is 5.08. The monoisotopic (exact) mass is 286 g/mol. The average Bonchev–Trinajstić information content (AvgIpc) is 2.89. The van der Waals surface area contributed by atoms with Crippen LogP contribution in [0.2, 0.25) is 5.02 Å². The van der Waals surface area contributed by atoms with Crippen LogP contribution in [-0.2, 0) is 6.42 Å². The van der Waals surface area contributed by atoms with Gasteiger partial charge in [0.15, 0.2) is 0 Å². The Hall–Kier alpha value is -2.07. The number of nitrogens with one attached hydrogen (secondary N) is 2. The second-order valence-electron chi connectivity index (χ2n) is 4.61. The SMILES string of the molecule is Clc1cncnc1NCCCc1c[nH]c2ccccc12. The van der Waals surface area contributed by atoms with Gasteiger partial charge in [-0.05, 0) is 24.5 Å². The summed E-state index contributed by atoms with van der Waals surface area (Å²) in [6.45, 7) is 0.830. The zero-order valence-electron chi connectivity index (χ0n) is 10.9. The summed E-state index contributed by atoms with van der Waals surface area (Å²) in [6, 6.07) is 8.35. The molecule has 0 aliphatic carbocycles. The molecule has 4 nitrogen and oxygen atoms in total. The Morgan fingerprint density at radius 3 is 3.05 bits per heavy atom. The number of halogens is 1. The van der Waals surface area contributed by atoms with Crippen molar-refractivity contribution in [2.45, 2.75) is 12.8 Å². The van der Waals surface area contributed by atoms with Crippen LogP contribution in [0.1, 0.15) is 12.0 Å². The molecule has 0 saturated heterocycles. The first-order valence-corrected chi connectivity index (χ1v) is 6.97. The molecule has 0 aliphatic heterocycles. The summed E-state index contributed by atoms with van der Waals surface area (Å²) in [7, 11) is 0. The fraction of sp³-hybridized carbons (Fsp3) is 0.200. The number of anilines is 1. The van der Waals surface area contributed by atoms with E-state index in [1.807, 2.05) is 6.07 Å². The lowest BCUT2D eigenvalue weighted by Crippen LogP contribution is -2.05. The Bertz CT molecular complexity index is 708. The minimum Gasteiger partial charge on any atom is -0.369 e. The average molecular weight is 287 g/mol. The highest BCUT2D eigenvalue weighted by atomic mass is 35.5. The first-order valence-electron chi connectivity index (χ1n) is 6.59. The minimum absolute atomic E-state index is 0.555. The summed E-state index contributed by atoms with van der Waals surface area (Å²) in [5.74, 6) is 0.695. The molecular formula is C15H15ClN4. The number of benzene rings is 1. The van der Waals surface area contributed by atoms with Crippen molar-refractivity contribution in [3.8, 4) is 0 Å². The molecule has 0 radical (unpaired) electrons. The van der Waals surface area contributed by atoms with Gasteiger partial charge < -0.3 is 10.3 Å². The molecule has 0 fully saturated rings. The zero-order valence-corrected chi connectivity index (χ0v) is 11.7. The molecule has 0 spiro atoms. The van der Waals surface area contributed by atoms with Crippen molar-refractivity contribution in [2.24, 2.45) is 0 Å². The van der Waals surface area contributed by atoms with Gasteiger partial charge in [0.25, 0.3) is 0 Å². The van der Waals surface area contributed by atoms with Gasteiger partial charge >= 0.3 is 0 Å². The summed E-state index contributed by atoms with van der Waals surface area (Å²) >= 11 is 5.99. The van der Waals surface area contributed by atoms with Crippen molar-refractivity contribution < 1.29 is 0 Å². The van der Waals surface area contributed by atoms with Crippen molar-refractivity contribution in [1.82, 2.24) is 15.0 Å². The lowest BCUT2D eigenvalue weighted by Gasteiger charge is -2.06. The number of fused-ring (bicyclic) bond motifs is 1. The third kappa shape index (κ3) is 2.75. The topological polar surface area (TPSA) is 53.6 Å². The van der Waals surface area contributed by atoms with E-state index in [-0.39, 0.29) is 0 Å². The molecule has 3 aromatic rings. The van der Waals surface area contributed by atoms with Crippen molar-refractivity contribution >= 4 is 28.3 Å². The Kier molecular flexibility index (Phi) is 3.83. The molecule has 1 aromatic carbocycles. The maximum Gasteiger partial charge on any atom is 0.148 e.